The topological polar surface area (TPSA) is 44.1 Å². The summed E-state index contributed by atoms with van der Waals surface area (Å²) in [6.07, 6.45) is 0.839. The Bertz CT molecular complexity index is 433. The van der Waals surface area contributed by atoms with Gasteiger partial charge in [-0.1, -0.05) is 18.2 Å². The van der Waals surface area contributed by atoms with E-state index in [9.17, 15) is 4.79 Å². The van der Waals surface area contributed by atoms with Crippen LogP contribution < -0.4 is 4.90 Å². The Labute approximate surface area is 88.9 Å². The summed E-state index contributed by atoms with van der Waals surface area (Å²) in [4.78, 5) is 13.5. The molecule has 1 aliphatic rings. The van der Waals surface area contributed by atoms with Gasteiger partial charge in [0, 0.05) is 11.7 Å². The molecule has 0 N–H and O–H groups in total. The third-order valence-electron chi connectivity index (χ3n) is 2.71. The second-order valence-electron chi connectivity index (χ2n) is 3.78. The van der Waals surface area contributed by atoms with E-state index in [1.165, 1.54) is 5.56 Å². The number of para-hydroxylation sites is 1. The lowest BCUT2D eigenvalue weighted by atomic mass is 10.1. The van der Waals surface area contributed by atoms with Crippen LogP contribution in [0.4, 0.5) is 5.69 Å². The average Bonchev–Trinajstić information content (AvgIpc) is 2.54. The van der Waals surface area contributed by atoms with E-state index in [1.54, 1.807) is 4.90 Å². The molecule has 1 aliphatic heterocycles. The summed E-state index contributed by atoms with van der Waals surface area (Å²) in [5.74, 6) is -0.102. The van der Waals surface area contributed by atoms with Gasteiger partial charge in [-0.25, -0.2) is 0 Å². The fraction of sp³-hybridized carbons (Fsp3) is 0.333. The van der Waals surface area contributed by atoms with E-state index in [2.05, 4.69) is 0 Å². The molecule has 1 atom stereocenters. The smallest absolute Gasteiger partial charge is 0.241 e. The Kier molecular flexibility index (Phi) is 2.42. The summed E-state index contributed by atoms with van der Waals surface area (Å²) in [5.41, 5.74) is 2.15. The number of amides is 1. The van der Waals surface area contributed by atoms with E-state index in [-0.39, 0.29) is 18.4 Å². The molecule has 76 valence electrons. The van der Waals surface area contributed by atoms with Gasteiger partial charge in [0.15, 0.2) is 0 Å². The van der Waals surface area contributed by atoms with Crippen LogP contribution in [-0.2, 0) is 11.2 Å². The molecule has 1 aromatic rings. The van der Waals surface area contributed by atoms with Crippen molar-refractivity contribution >= 4 is 11.6 Å². The molecule has 1 aromatic carbocycles. The molecule has 2 rings (SSSR count). The summed E-state index contributed by atoms with van der Waals surface area (Å²) in [5, 5.41) is 8.53. The van der Waals surface area contributed by atoms with E-state index in [0.717, 1.165) is 12.1 Å². The Morgan fingerprint density at radius 2 is 2.33 bits per heavy atom. The minimum absolute atomic E-state index is 0.0430. The summed E-state index contributed by atoms with van der Waals surface area (Å²) < 4.78 is 0. The highest BCUT2D eigenvalue weighted by molar-refractivity contribution is 5.97. The maximum atomic E-state index is 11.7. The van der Waals surface area contributed by atoms with Crippen molar-refractivity contribution < 1.29 is 4.79 Å². The lowest BCUT2D eigenvalue weighted by Gasteiger charge is -2.21. The first kappa shape index (κ1) is 9.72. The van der Waals surface area contributed by atoms with Crippen LogP contribution in [0, 0.1) is 11.3 Å². The number of nitrogens with zero attached hydrogens (tertiary/aromatic N) is 2. The van der Waals surface area contributed by atoms with Crippen molar-refractivity contribution in [2.24, 2.45) is 0 Å². The van der Waals surface area contributed by atoms with Gasteiger partial charge in [-0.05, 0) is 25.0 Å². The van der Waals surface area contributed by atoms with E-state index >= 15 is 0 Å². The molecule has 0 bridgehead atoms. The molecule has 15 heavy (non-hydrogen) atoms. The number of anilines is 1. The number of hydrogen-bond acceptors (Lipinski definition) is 2. The van der Waals surface area contributed by atoms with Crippen LogP contribution in [0.3, 0.4) is 0 Å². The van der Waals surface area contributed by atoms with Gasteiger partial charge in [0.25, 0.3) is 0 Å². The summed E-state index contributed by atoms with van der Waals surface area (Å²) >= 11 is 0. The predicted molar refractivity (Wildman–Crippen MR) is 57.3 cm³/mol. The standard InChI is InChI=1S/C12H12N2O/c1-9-8-10-4-2-3-5-11(10)14(9)12(15)6-7-13/h2-5,9H,6,8H2,1H3. The Morgan fingerprint density at radius 1 is 1.60 bits per heavy atom. The van der Waals surface area contributed by atoms with Crippen molar-refractivity contribution in [1.29, 1.82) is 5.26 Å². The van der Waals surface area contributed by atoms with Crippen LogP contribution in [0.1, 0.15) is 18.9 Å². The molecule has 1 heterocycles. The summed E-state index contributed by atoms with van der Waals surface area (Å²) in [7, 11) is 0. The fourth-order valence-electron chi connectivity index (χ4n) is 2.10. The minimum atomic E-state index is -0.102. The molecule has 3 nitrogen and oxygen atoms in total. The second-order valence-corrected chi connectivity index (χ2v) is 3.78. The lowest BCUT2D eigenvalue weighted by Crippen LogP contribution is -2.35. The molecule has 0 saturated heterocycles. The van der Waals surface area contributed by atoms with Gasteiger partial charge in [0.05, 0.1) is 6.07 Å². The zero-order valence-corrected chi connectivity index (χ0v) is 8.60. The quantitative estimate of drug-likeness (QED) is 0.694. The van der Waals surface area contributed by atoms with Crippen LogP contribution in [0.2, 0.25) is 0 Å². The van der Waals surface area contributed by atoms with Gasteiger partial charge in [0.1, 0.15) is 6.42 Å². The Morgan fingerprint density at radius 3 is 3.07 bits per heavy atom. The van der Waals surface area contributed by atoms with Crippen LogP contribution in [0.25, 0.3) is 0 Å². The molecule has 0 aromatic heterocycles. The molecular weight excluding hydrogens is 188 g/mol. The highest BCUT2D eigenvalue weighted by Gasteiger charge is 2.29. The summed E-state index contributed by atoms with van der Waals surface area (Å²) in [6, 6.07) is 9.94. The molecular formula is C12H12N2O. The number of hydrogen-bond donors (Lipinski definition) is 0. The van der Waals surface area contributed by atoms with Crippen molar-refractivity contribution in [1.82, 2.24) is 0 Å². The zero-order chi connectivity index (χ0) is 10.8. The van der Waals surface area contributed by atoms with Gasteiger partial charge in [-0.3, -0.25) is 4.79 Å². The highest BCUT2D eigenvalue weighted by Crippen LogP contribution is 2.31. The second kappa shape index (κ2) is 3.74. The van der Waals surface area contributed by atoms with Crippen LogP contribution in [-0.4, -0.2) is 11.9 Å². The number of carbonyl (C=O) groups is 1. The first-order valence-corrected chi connectivity index (χ1v) is 5.01. The average molecular weight is 200 g/mol. The van der Waals surface area contributed by atoms with Crippen molar-refractivity contribution in [3.05, 3.63) is 29.8 Å². The predicted octanol–water partition coefficient (Wildman–Crippen LogP) is 1.88. The van der Waals surface area contributed by atoms with Crippen LogP contribution in [0.15, 0.2) is 24.3 Å². The van der Waals surface area contributed by atoms with Crippen molar-refractivity contribution in [2.45, 2.75) is 25.8 Å². The van der Waals surface area contributed by atoms with Crippen molar-refractivity contribution in [3.63, 3.8) is 0 Å². The molecule has 0 aliphatic carbocycles. The maximum absolute atomic E-state index is 11.7. The molecule has 1 unspecified atom stereocenters. The van der Waals surface area contributed by atoms with Crippen molar-refractivity contribution in [3.8, 4) is 6.07 Å². The van der Waals surface area contributed by atoms with Crippen molar-refractivity contribution in [2.75, 3.05) is 4.90 Å². The van der Waals surface area contributed by atoms with E-state index in [4.69, 9.17) is 5.26 Å². The van der Waals surface area contributed by atoms with Crippen LogP contribution in [0.5, 0.6) is 0 Å². The number of carbonyl (C=O) groups excluding carboxylic acids is 1. The van der Waals surface area contributed by atoms with Gasteiger partial charge >= 0.3 is 0 Å². The molecule has 0 spiro atoms. The monoisotopic (exact) mass is 200 g/mol. The largest absolute Gasteiger partial charge is 0.308 e. The maximum Gasteiger partial charge on any atom is 0.241 e. The summed E-state index contributed by atoms with van der Waals surface area (Å²) in [6.45, 7) is 2.01. The molecule has 0 radical (unpaired) electrons. The lowest BCUT2D eigenvalue weighted by molar-refractivity contribution is -0.117. The normalized spacial score (nSPS) is 18.4. The van der Waals surface area contributed by atoms with Gasteiger partial charge in [0.2, 0.25) is 5.91 Å². The van der Waals surface area contributed by atoms with E-state index < -0.39 is 0 Å². The van der Waals surface area contributed by atoms with Gasteiger partial charge < -0.3 is 4.90 Å². The molecule has 0 fully saturated rings. The highest BCUT2D eigenvalue weighted by atomic mass is 16.2. The van der Waals surface area contributed by atoms with Crippen LogP contribution >= 0.6 is 0 Å². The Hall–Kier alpha value is -1.82. The SMILES string of the molecule is CC1Cc2ccccc2N1C(=O)CC#N. The number of rotatable bonds is 1. The molecule has 3 heteroatoms. The molecule has 0 saturated carbocycles. The van der Waals surface area contributed by atoms with Gasteiger partial charge in [-0.2, -0.15) is 5.26 Å². The zero-order valence-electron chi connectivity index (χ0n) is 8.60. The third kappa shape index (κ3) is 1.59. The van der Waals surface area contributed by atoms with Gasteiger partial charge in [-0.15, -0.1) is 0 Å². The molecule has 1 amide bonds. The number of nitriles is 1. The third-order valence-corrected chi connectivity index (χ3v) is 2.71. The fourth-order valence-corrected chi connectivity index (χ4v) is 2.10. The first-order valence-electron chi connectivity index (χ1n) is 5.01. The number of benzene rings is 1. The minimum Gasteiger partial charge on any atom is -0.308 e. The first-order chi connectivity index (χ1) is 7.24. The van der Waals surface area contributed by atoms with E-state index in [1.807, 2.05) is 37.3 Å². The Balaban J connectivity index is 2.34. The van der Waals surface area contributed by atoms with E-state index in [0.29, 0.717) is 0 Å². The number of fused-ring (bicyclic) bond motifs is 1.